The molecule has 1 unspecified atom stereocenters. The molecule has 0 saturated heterocycles. The molecule has 0 radical (unpaired) electrons. The predicted molar refractivity (Wildman–Crippen MR) is 83.5 cm³/mol. The minimum absolute atomic E-state index is 0.282. The average molecular weight is 264 g/mol. The maximum absolute atomic E-state index is 4.63. The molecular formula is C17H32N2. The second-order valence-corrected chi connectivity index (χ2v) is 6.25. The van der Waals surface area contributed by atoms with E-state index in [9.17, 15) is 0 Å². The summed E-state index contributed by atoms with van der Waals surface area (Å²) in [6, 6.07) is 0. The summed E-state index contributed by atoms with van der Waals surface area (Å²) in [5, 5.41) is 0. The minimum atomic E-state index is 0.282. The van der Waals surface area contributed by atoms with Crippen LogP contribution in [0.15, 0.2) is 12.5 Å². The van der Waals surface area contributed by atoms with E-state index in [1.807, 2.05) is 6.33 Å². The number of aryl methyl sites for hydroxylation is 1. The first-order valence-corrected chi connectivity index (χ1v) is 8.11. The van der Waals surface area contributed by atoms with Gasteiger partial charge < -0.3 is 4.57 Å². The van der Waals surface area contributed by atoms with Crippen molar-refractivity contribution < 1.29 is 0 Å². The molecule has 0 aliphatic carbocycles. The van der Waals surface area contributed by atoms with Crippen molar-refractivity contribution in [2.24, 2.45) is 7.05 Å². The second-order valence-electron chi connectivity index (χ2n) is 6.25. The number of rotatable bonds is 10. The standard InChI is InChI=1S/C17H32N2/c1-5-7-9-11-13-17(3,12-10-8-6-2)16-14-19(4)15-18-16/h14-15H,5-13H2,1-4H3. The zero-order valence-electron chi connectivity index (χ0n) is 13.4. The van der Waals surface area contributed by atoms with Crippen LogP contribution in [0, 0.1) is 0 Å². The predicted octanol–water partition coefficient (Wildman–Crippen LogP) is 5.23. The third-order valence-electron chi connectivity index (χ3n) is 4.24. The van der Waals surface area contributed by atoms with Gasteiger partial charge in [0.25, 0.3) is 0 Å². The van der Waals surface area contributed by atoms with E-state index in [0.717, 1.165) is 0 Å². The molecule has 1 heterocycles. The van der Waals surface area contributed by atoms with Gasteiger partial charge in [0.1, 0.15) is 0 Å². The van der Waals surface area contributed by atoms with Crippen LogP contribution in [0.1, 0.15) is 84.3 Å². The van der Waals surface area contributed by atoms with Crippen molar-refractivity contribution in [3.05, 3.63) is 18.2 Å². The van der Waals surface area contributed by atoms with Gasteiger partial charge in [-0.2, -0.15) is 0 Å². The van der Waals surface area contributed by atoms with Gasteiger partial charge in [-0.3, -0.25) is 0 Å². The third kappa shape index (κ3) is 5.38. The Morgan fingerprint density at radius 2 is 1.58 bits per heavy atom. The molecule has 0 amide bonds. The molecule has 1 atom stereocenters. The SMILES string of the molecule is CCCCCCC(C)(CCCCC)c1cn(C)cn1. The van der Waals surface area contributed by atoms with E-state index in [2.05, 4.69) is 43.6 Å². The van der Waals surface area contributed by atoms with Gasteiger partial charge in [-0.05, 0) is 12.8 Å². The highest BCUT2D eigenvalue weighted by Crippen LogP contribution is 2.34. The van der Waals surface area contributed by atoms with Crippen molar-refractivity contribution in [2.75, 3.05) is 0 Å². The average Bonchev–Trinajstić information content (AvgIpc) is 2.82. The van der Waals surface area contributed by atoms with Crippen molar-refractivity contribution in [2.45, 2.75) is 84.0 Å². The van der Waals surface area contributed by atoms with E-state index in [-0.39, 0.29) is 5.41 Å². The van der Waals surface area contributed by atoms with Crippen molar-refractivity contribution in [1.82, 2.24) is 9.55 Å². The van der Waals surface area contributed by atoms with Gasteiger partial charge >= 0.3 is 0 Å². The monoisotopic (exact) mass is 264 g/mol. The van der Waals surface area contributed by atoms with E-state index in [4.69, 9.17) is 0 Å². The van der Waals surface area contributed by atoms with Crippen LogP contribution in [0.25, 0.3) is 0 Å². The Kier molecular flexibility index (Phi) is 7.19. The van der Waals surface area contributed by atoms with Crippen molar-refractivity contribution in [3.8, 4) is 0 Å². The van der Waals surface area contributed by atoms with Crippen LogP contribution in [-0.2, 0) is 12.5 Å². The highest BCUT2D eigenvalue weighted by atomic mass is 15.0. The Balaban J connectivity index is 2.60. The number of unbranched alkanes of at least 4 members (excludes halogenated alkanes) is 5. The lowest BCUT2D eigenvalue weighted by Crippen LogP contribution is -2.22. The fourth-order valence-corrected chi connectivity index (χ4v) is 2.81. The lowest BCUT2D eigenvalue weighted by Gasteiger charge is -2.28. The van der Waals surface area contributed by atoms with Crippen molar-refractivity contribution in [1.29, 1.82) is 0 Å². The van der Waals surface area contributed by atoms with Crippen LogP contribution >= 0.6 is 0 Å². The van der Waals surface area contributed by atoms with Gasteiger partial charge in [0.2, 0.25) is 0 Å². The van der Waals surface area contributed by atoms with Crippen LogP contribution in [0.2, 0.25) is 0 Å². The van der Waals surface area contributed by atoms with Crippen LogP contribution in [0.3, 0.4) is 0 Å². The number of hydrogen-bond donors (Lipinski definition) is 0. The summed E-state index contributed by atoms with van der Waals surface area (Å²) in [5.41, 5.74) is 1.58. The van der Waals surface area contributed by atoms with E-state index < -0.39 is 0 Å². The third-order valence-corrected chi connectivity index (χ3v) is 4.24. The van der Waals surface area contributed by atoms with Crippen LogP contribution in [0.4, 0.5) is 0 Å². The molecule has 0 N–H and O–H groups in total. The summed E-state index contributed by atoms with van der Waals surface area (Å²) in [7, 11) is 2.07. The molecular weight excluding hydrogens is 232 g/mol. The number of hydrogen-bond acceptors (Lipinski definition) is 1. The highest BCUT2D eigenvalue weighted by Gasteiger charge is 2.27. The summed E-state index contributed by atoms with van der Waals surface area (Å²) < 4.78 is 2.08. The largest absolute Gasteiger partial charge is 0.340 e. The first-order valence-electron chi connectivity index (χ1n) is 8.11. The Hall–Kier alpha value is -0.790. The molecule has 1 aromatic heterocycles. The molecule has 0 aliphatic heterocycles. The molecule has 0 aromatic carbocycles. The van der Waals surface area contributed by atoms with E-state index in [0.29, 0.717) is 0 Å². The van der Waals surface area contributed by atoms with Gasteiger partial charge in [0.15, 0.2) is 0 Å². The number of nitrogens with zero attached hydrogens (tertiary/aromatic N) is 2. The van der Waals surface area contributed by atoms with Gasteiger partial charge in [0.05, 0.1) is 12.0 Å². The van der Waals surface area contributed by atoms with E-state index >= 15 is 0 Å². The molecule has 19 heavy (non-hydrogen) atoms. The van der Waals surface area contributed by atoms with Crippen molar-refractivity contribution >= 4 is 0 Å². The Labute approximate surface area is 119 Å². The number of aromatic nitrogens is 2. The van der Waals surface area contributed by atoms with Crippen LogP contribution < -0.4 is 0 Å². The molecule has 2 nitrogen and oxygen atoms in total. The summed E-state index contributed by atoms with van der Waals surface area (Å²) in [6.45, 7) is 6.97. The zero-order chi connectivity index (χ0) is 14.1. The summed E-state index contributed by atoms with van der Waals surface area (Å²) in [4.78, 5) is 4.63. The summed E-state index contributed by atoms with van der Waals surface area (Å²) in [6.07, 6.45) is 16.1. The smallest absolute Gasteiger partial charge is 0.0947 e. The molecule has 0 bridgehead atoms. The maximum atomic E-state index is 4.63. The topological polar surface area (TPSA) is 17.8 Å². The first kappa shape index (κ1) is 16.3. The molecule has 1 aromatic rings. The molecule has 1 rings (SSSR count). The molecule has 0 saturated carbocycles. The molecule has 2 heteroatoms. The zero-order valence-corrected chi connectivity index (χ0v) is 13.4. The maximum Gasteiger partial charge on any atom is 0.0947 e. The van der Waals surface area contributed by atoms with Crippen LogP contribution in [-0.4, -0.2) is 9.55 Å². The van der Waals surface area contributed by atoms with Gasteiger partial charge in [0, 0.05) is 18.7 Å². The second kappa shape index (κ2) is 8.39. The fourth-order valence-electron chi connectivity index (χ4n) is 2.81. The Bertz CT molecular complexity index is 343. The number of imidazole rings is 1. The van der Waals surface area contributed by atoms with Gasteiger partial charge in [-0.1, -0.05) is 65.7 Å². The van der Waals surface area contributed by atoms with E-state index in [1.165, 1.54) is 63.5 Å². The molecule has 0 aliphatic rings. The van der Waals surface area contributed by atoms with Crippen LogP contribution in [0.5, 0.6) is 0 Å². The highest BCUT2D eigenvalue weighted by molar-refractivity contribution is 5.12. The summed E-state index contributed by atoms with van der Waals surface area (Å²) >= 11 is 0. The lowest BCUT2D eigenvalue weighted by atomic mass is 9.77. The summed E-state index contributed by atoms with van der Waals surface area (Å²) in [5.74, 6) is 0. The van der Waals surface area contributed by atoms with E-state index in [1.54, 1.807) is 0 Å². The van der Waals surface area contributed by atoms with Gasteiger partial charge in [-0.25, -0.2) is 4.98 Å². The lowest BCUT2D eigenvalue weighted by molar-refractivity contribution is 0.358. The molecule has 0 spiro atoms. The first-order chi connectivity index (χ1) is 9.12. The fraction of sp³-hybridized carbons (Fsp3) is 0.824. The Morgan fingerprint density at radius 3 is 2.11 bits per heavy atom. The normalized spacial score (nSPS) is 14.5. The Morgan fingerprint density at radius 1 is 1.00 bits per heavy atom. The molecule has 0 fully saturated rings. The minimum Gasteiger partial charge on any atom is -0.340 e. The van der Waals surface area contributed by atoms with Gasteiger partial charge in [-0.15, -0.1) is 0 Å². The molecule has 110 valence electrons. The quantitative estimate of drug-likeness (QED) is 0.529. The van der Waals surface area contributed by atoms with Crippen molar-refractivity contribution in [3.63, 3.8) is 0 Å².